The molecule has 0 atom stereocenters. The Hall–Kier alpha value is -15.4. The molecule has 602 valence electrons. The number of para-hydroxylation sites is 4. The van der Waals surface area contributed by atoms with Crippen LogP contribution in [-0.2, 0) is 27.1 Å². The van der Waals surface area contributed by atoms with E-state index in [1.54, 1.807) is 9.13 Å². The molecule has 0 fully saturated rings. The molecule has 19 aromatic rings. The van der Waals surface area contributed by atoms with Crippen molar-refractivity contribution in [1.29, 1.82) is 5.26 Å². The Morgan fingerprint density at radius 3 is 1.17 bits per heavy atom. The van der Waals surface area contributed by atoms with E-state index in [0.29, 0.717) is 68.0 Å². The largest absolute Gasteiger partial charge is 0.457 e. The molecule has 8 nitrogen and oxygen atoms in total. The van der Waals surface area contributed by atoms with E-state index in [9.17, 15) is 24.5 Å². The van der Waals surface area contributed by atoms with Crippen molar-refractivity contribution in [1.82, 2.24) is 9.13 Å². The third-order valence-electron chi connectivity index (χ3n) is 27.5. The highest BCUT2D eigenvalue weighted by molar-refractivity contribution is 7.00. The number of anilines is 6. The highest BCUT2D eigenvalue weighted by Crippen LogP contribution is 2.66. The lowest BCUT2D eigenvalue weighted by Gasteiger charge is -2.46. The highest BCUT2D eigenvalue weighted by Gasteiger charge is 2.54. The van der Waals surface area contributed by atoms with Crippen molar-refractivity contribution in [3.8, 4) is 84.9 Å². The topological polar surface area (TPSA) is 63.0 Å². The lowest BCUT2D eigenvalue weighted by molar-refractivity contribution is 0.436. The Bertz CT molecular complexity index is 8500. The maximum Gasteiger partial charge on any atom is 0.252 e. The second kappa shape index (κ2) is 26.6. The fourth-order valence-electron chi connectivity index (χ4n) is 21.8. The fraction of sp³-hybridized carbons (Fsp3) is 0.119. The van der Waals surface area contributed by atoms with Gasteiger partial charge in [-0.25, -0.2) is 4.85 Å². The molecule has 9 heteroatoms. The first-order valence-corrected chi connectivity index (χ1v) is 43.1. The van der Waals surface area contributed by atoms with Gasteiger partial charge in [-0.2, -0.15) is 5.26 Å². The Balaban J connectivity index is 0.819. The van der Waals surface area contributed by atoms with Crippen molar-refractivity contribution in [2.75, 3.05) is 9.80 Å². The maximum atomic E-state index is 10.8. The standard InChI is InChI=1S/C118H85BN6O2/c1-114(2,3)73-46-56-101(85(62-73)71-44-51-95-111(60-71)126-109-41-25-21-37-93(109)117(95)89-33-17-11-27-79(89)80-28-12-18-34-90(80)117)124-105-67-77(122-99-39-23-15-31-83(99)87-59-70(69-120)43-55-103(87)122)49-53-97(105)119-98-54-50-78(123-100-40-24-16-32-84(100)88-66-76(121-10)48-58-104(88)123)68-106(98)125(108-65-75(116(7,8)9)64-107(124)113(108)119)102-57-47-74(115(4,5)6)63-86(102)72-45-52-96-112(61-72)127-110-42-26-22-38-94(110)118(96)91-35-19-13-29-81(91)82-30-14-20-36-92(82)118/h11-68H,1-9H3/i15D,16D,23D,24D,31D,32D,39D,40D,43D,48D,55D,58D,59D,66D. The van der Waals surface area contributed by atoms with Crippen LogP contribution in [-0.4, -0.2) is 15.8 Å². The van der Waals surface area contributed by atoms with Gasteiger partial charge < -0.3 is 28.4 Å². The van der Waals surface area contributed by atoms with E-state index in [1.165, 1.54) is 0 Å². The van der Waals surface area contributed by atoms with Gasteiger partial charge in [0.2, 0.25) is 0 Å². The number of fused-ring (bicyclic) bond motifs is 28. The number of hydrogen-bond donors (Lipinski definition) is 0. The lowest BCUT2D eigenvalue weighted by Crippen LogP contribution is -2.61. The van der Waals surface area contributed by atoms with Gasteiger partial charge in [0, 0.05) is 86.4 Å². The summed E-state index contributed by atoms with van der Waals surface area (Å²) in [5, 5.41) is 10.4. The molecule has 0 saturated carbocycles. The van der Waals surface area contributed by atoms with Crippen LogP contribution >= 0.6 is 0 Å². The normalized spacial score (nSPS) is 15.8. The molecule has 4 aliphatic heterocycles. The number of hydrogen-bond acceptors (Lipinski definition) is 5. The Labute approximate surface area is 759 Å². The molecule has 0 bridgehead atoms. The molecule has 6 heterocycles. The van der Waals surface area contributed by atoms with Crippen molar-refractivity contribution in [3.63, 3.8) is 0 Å². The number of nitrogens with zero attached hydrogens (tertiary/aromatic N) is 6. The number of benzene rings is 17. The van der Waals surface area contributed by atoms with Crippen molar-refractivity contribution in [2.45, 2.75) is 89.4 Å². The van der Waals surface area contributed by atoms with Crippen LogP contribution in [0.4, 0.5) is 39.8 Å². The molecule has 2 spiro atoms. The van der Waals surface area contributed by atoms with E-state index >= 15 is 0 Å². The van der Waals surface area contributed by atoms with Gasteiger partial charge in [0.05, 0.1) is 78.9 Å². The van der Waals surface area contributed by atoms with Crippen molar-refractivity contribution >= 4 is 107 Å². The van der Waals surface area contributed by atoms with Gasteiger partial charge in [-0.05, 0) is 238 Å². The van der Waals surface area contributed by atoms with Crippen molar-refractivity contribution in [3.05, 3.63) is 430 Å². The molecule has 0 N–H and O–H groups in total. The highest BCUT2D eigenvalue weighted by atomic mass is 16.5. The Kier molecular flexibility index (Phi) is 12.8. The molecule has 17 aromatic carbocycles. The monoisotopic (exact) mass is 1640 g/mol. The second-order valence-corrected chi connectivity index (χ2v) is 37.3. The molecule has 25 rings (SSSR count). The summed E-state index contributed by atoms with van der Waals surface area (Å²) < 4.78 is 154. The Morgan fingerprint density at radius 2 is 0.740 bits per heavy atom. The zero-order chi connectivity index (χ0) is 97.8. The quantitative estimate of drug-likeness (QED) is 0.123. The summed E-state index contributed by atoms with van der Waals surface area (Å²) in [4.78, 5) is 8.22. The van der Waals surface area contributed by atoms with E-state index in [2.05, 4.69) is 283 Å². The third kappa shape index (κ3) is 10.4. The first-order chi connectivity index (χ1) is 67.6. The number of aromatic nitrogens is 2. The predicted octanol–water partition coefficient (Wildman–Crippen LogP) is 28.5. The van der Waals surface area contributed by atoms with Crippen LogP contribution in [0.3, 0.4) is 0 Å². The number of nitriles is 1. The van der Waals surface area contributed by atoms with Gasteiger partial charge in [-0.1, -0.05) is 287 Å². The number of rotatable bonds is 6. The molecule has 6 aliphatic rings. The minimum atomic E-state index is -0.822. The van der Waals surface area contributed by atoms with Crippen LogP contribution in [0.1, 0.15) is 148 Å². The minimum absolute atomic E-state index is 0.0798. The molecule has 0 amide bonds. The zero-order valence-corrected chi connectivity index (χ0v) is 71.0. The summed E-state index contributed by atoms with van der Waals surface area (Å²) in [5.41, 5.74) is 21.1. The summed E-state index contributed by atoms with van der Waals surface area (Å²) in [6.45, 7) is 27.2. The van der Waals surface area contributed by atoms with Crippen LogP contribution < -0.4 is 35.7 Å². The van der Waals surface area contributed by atoms with Crippen LogP contribution in [0.2, 0.25) is 0 Å². The van der Waals surface area contributed by atoms with Crippen LogP contribution in [0.15, 0.2) is 352 Å². The van der Waals surface area contributed by atoms with Gasteiger partial charge in [0.25, 0.3) is 6.71 Å². The van der Waals surface area contributed by atoms with E-state index < -0.39 is 130 Å². The maximum absolute atomic E-state index is 10.8. The van der Waals surface area contributed by atoms with Crippen LogP contribution in [0, 0.1) is 17.9 Å². The molecular formula is C118H85BN6O2. The lowest BCUT2D eigenvalue weighted by atomic mass is 9.33. The minimum Gasteiger partial charge on any atom is -0.457 e. The Morgan fingerprint density at radius 1 is 0.346 bits per heavy atom. The average molecular weight is 1640 g/mol. The van der Waals surface area contributed by atoms with Gasteiger partial charge in [-0.15, -0.1) is 0 Å². The second-order valence-electron chi connectivity index (χ2n) is 37.3. The van der Waals surface area contributed by atoms with Gasteiger partial charge in [-0.3, -0.25) is 0 Å². The number of ether oxygens (including phenoxy) is 2. The first kappa shape index (κ1) is 61.0. The average Bonchev–Trinajstić information content (AvgIpc) is 1.50. The third-order valence-corrected chi connectivity index (χ3v) is 27.5. The molecule has 2 aromatic heterocycles. The van der Waals surface area contributed by atoms with Crippen molar-refractivity contribution < 1.29 is 28.7 Å². The predicted molar refractivity (Wildman–Crippen MR) is 522 cm³/mol. The van der Waals surface area contributed by atoms with E-state index in [0.717, 1.165) is 111 Å². The SMILES string of the molecule is [2H]c1c([2H])c([2H])c2c(c1[2H])c1c([2H])c(C#N)c([2H])c([2H])c1n2-c1ccc2c(c1)N(c1ccc(C(C)(C)C)cc1-c1ccc3c(c1)Oc1ccccc1C31c3ccccc3-c3ccccc31)c1cc(C(C)(C)C)cc3c1B2c1ccc(-n2c4c([2H])c([2H])c([2H])c([2H])c4c4c([2H])c([N+]#[C-])c([2H])c([2H])c42)cc1N3c1ccc(C(C)(C)C)cc1-c1ccc2c(c1)Oc1ccccc1C21c2ccccc2-c2ccccc21. The molecular weight excluding hydrogens is 1540 g/mol. The summed E-state index contributed by atoms with van der Waals surface area (Å²) >= 11 is 0. The molecule has 0 saturated heterocycles. The summed E-state index contributed by atoms with van der Waals surface area (Å²) in [7, 11) is 0. The van der Waals surface area contributed by atoms with E-state index in [4.69, 9.17) is 16.0 Å². The van der Waals surface area contributed by atoms with Gasteiger partial charge in [0.15, 0.2) is 5.69 Å². The molecule has 0 radical (unpaired) electrons. The van der Waals surface area contributed by atoms with Crippen molar-refractivity contribution in [2.24, 2.45) is 0 Å². The van der Waals surface area contributed by atoms with Crippen LogP contribution in [0.5, 0.6) is 23.0 Å². The zero-order valence-electron chi connectivity index (χ0n) is 85.0. The first-order valence-electron chi connectivity index (χ1n) is 50.1. The molecule has 2 aliphatic carbocycles. The summed E-state index contributed by atoms with van der Waals surface area (Å²) in [5.74, 6) is 2.68. The van der Waals surface area contributed by atoms with E-state index in [1.807, 2.05) is 66.7 Å². The molecule has 0 unspecified atom stereocenters. The summed E-state index contributed by atoms with van der Waals surface area (Å²) in [6.07, 6.45) is 0. The fourth-order valence-corrected chi connectivity index (χ4v) is 21.8. The summed E-state index contributed by atoms with van der Waals surface area (Å²) in [6, 6.07) is 88.3. The van der Waals surface area contributed by atoms with Gasteiger partial charge >= 0.3 is 0 Å². The van der Waals surface area contributed by atoms with Gasteiger partial charge in [0.1, 0.15) is 23.0 Å². The smallest absolute Gasteiger partial charge is 0.252 e. The van der Waals surface area contributed by atoms with E-state index in [-0.39, 0.29) is 55.0 Å². The van der Waals surface area contributed by atoms with Crippen LogP contribution in [0.25, 0.3) is 104 Å². The molecule has 127 heavy (non-hydrogen) atoms.